The largest absolute Gasteiger partial charge is 0.497 e. The number of likely N-dealkylation sites (N-methyl/N-ethyl adjacent to an activating group) is 1. The highest BCUT2D eigenvalue weighted by Gasteiger charge is 2.13. The van der Waals surface area contributed by atoms with Gasteiger partial charge in [-0.1, -0.05) is 24.3 Å². The normalized spacial score (nSPS) is 10.2. The van der Waals surface area contributed by atoms with Crippen LogP contribution in [0.5, 0.6) is 11.5 Å². The van der Waals surface area contributed by atoms with E-state index < -0.39 is 0 Å². The van der Waals surface area contributed by atoms with Crippen LogP contribution in [0.3, 0.4) is 0 Å². The van der Waals surface area contributed by atoms with Crippen LogP contribution in [0.25, 0.3) is 0 Å². The molecule has 0 fully saturated rings. The number of benzene rings is 2. The van der Waals surface area contributed by atoms with E-state index in [2.05, 4.69) is 0 Å². The summed E-state index contributed by atoms with van der Waals surface area (Å²) in [7, 11) is 1.64. The lowest BCUT2D eigenvalue weighted by Gasteiger charge is -2.21. The molecule has 0 spiro atoms. The maximum atomic E-state index is 12.3. The standard InChI is InChI=1S/C19H23NO3/c1-4-20(13-16-8-10-17(22-3)11-9-16)19(21)14-23-18-7-5-6-15(2)12-18/h5-12H,4,13-14H2,1-3H3. The summed E-state index contributed by atoms with van der Waals surface area (Å²) in [5.41, 5.74) is 2.18. The Balaban J connectivity index is 1.92. The molecule has 2 aromatic carbocycles. The molecule has 2 rings (SSSR count). The maximum absolute atomic E-state index is 12.3. The van der Waals surface area contributed by atoms with Crippen molar-refractivity contribution in [3.05, 3.63) is 59.7 Å². The number of carbonyl (C=O) groups is 1. The van der Waals surface area contributed by atoms with E-state index in [0.717, 1.165) is 22.6 Å². The first-order valence-electron chi connectivity index (χ1n) is 7.72. The van der Waals surface area contributed by atoms with Gasteiger partial charge in [0.25, 0.3) is 5.91 Å². The third-order valence-electron chi connectivity index (χ3n) is 3.62. The van der Waals surface area contributed by atoms with Crippen molar-refractivity contribution < 1.29 is 14.3 Å². The van der Waals surface area contributed by atoms with Crippen molar-refractivity contribution in [2.75, 3.05) is 20.3 Å². The summed E-state index contributed by atoms with van der Waals surface area (Å²) in [6, 6.07) is 15.4. The number of hydrogen-bond acceptors (Lipinski definition) is 3. The summed E-state index contributed by atoms with van der Waals surface area (Å²) in [6.45, 7) is 5.22. The number of rotatable bonds is 7. The SMILES string of the molecule is CCN(Cc1ccc(OC)cc1)C(=O)COc1cccc(C)c1. The molecule has 0 heterocycles. The average Bonchev–Trinajstić information content (AvgIpc) is 2.58. The molecule has 0 saturated carbocycles. The van der Waals surface area contributed by atoms with Gasteiger partial charge < -0.3 is 14.4 Å². The van der Waals surface area contributed by atoms with Gasteiger partial charge in [-0.3, -0.25) is 4.79 Å². The third-order valence-corrected chi connectivity index (χ3v) is 3.62. The summed E-state index contributed by atoms with van der Waals surface area (Å²) >= 11 is 0. The van der Waals surface area contributed by atoms with Crippen LogP contribution in [-0.4, -0.2) is 31.1 Å². The Hall–Kier alpha value is -2.49. The van der Waals surface area contributed by atoms with Crippen LogP contribution in [0.2, 0.25) is 0 Å². The zero-order valence-corrected chi connectivity index (χ0v) is 13.9. The molecule has 0 aliphatic carbocycles. The Morgan fingerprint density at radius 3 is 2.43 bits per heavy atom. The molecule has 2 aromatic rings. The van der Waals surface area contributed by atoms with Crippen LogP contribution in [0.4, 0.5) is 0 Å². The lowest BCUT2D eigenvalue weighted by molar-refractivity contribution is -0.133. The molecule has 4 heteroatoms. The molecule has 4 nitrogen and oxygen atoms in total. The first-order chi connectivity index (χ1) is 11.1. The van der Waals surface area contributed by atoms with Gasteiger partial charge in [-0.2, -0.15) is 0 Å². The molecular formula is C19H23NO3. The van der Waals surface area contributed by atoms with Gasteiger partial charge in [0.1, 0.15) is 11.5 Å². The van der Waals surface area contributed by atoms with Crippen LogP contribution in [0.15, 0.2) is 48.5 Å². The summed E-state index contributed by atoms with van der Waals surface area (Å²) < 4.78 is 10.7. The van der Waals surface area contributed by atoms with E-state index in [-0.39, 0.29) is 12.5 Å². The van der Waals surface area contributed by atoms with Gasteiger partial charge >= 0.3 is 0 Å². The fraction of sp³-hybridized carbons (Fsp3) is 0.316. The lowest BCUT2D eigenvalue weighted by atomic mass is 10.2. The predicted molar refractivity (Wildman–Crippen MR) is 90.8 cm³/mol. The highest BCUT2D eigenvalue weighted by Crippen LogP contribution is 2.14. The zero-order chi connectivity index (χ0) is 16.7. The van der Waals surface area contributed by atoms with Gasteiger partial charge in [0, 0.05) is 13.1 Å². The Labute approximate surface area is 137 Å². The molecule has 0 bridgehead atoms. The molecule has 1 amide bonds. The van der Waals surface area contributed by atoms with Gasteiger partial charge in [-0.05, 0) is 49.2 Å². The maximum Gasteiger partial charge on any atom is 0.260 e. The van der Waals surface area contributed by atoms with Crippen LogP contribution in [0, 0.1) is 6.92 Å². The molecule has 0 saturated heterocycles. The first kappa shape index (κ1) is 16.9. The van der Waals surface area contributed by atoms with E-state index in [9.17, 15) is 4.79 Å². The summed E-state index contributed by atoms with van der Waals surface area (Å²) in [5.74, 6) is 1.51. The molecule has 0 unspecified atom stereocenters. The fourth-order valence-corrected chi connectivity index (χ4v) is 2.27. The Morgan fingerprint density at radius 1 is 1.09 bits per heavy atom. The van der Waals surface area contributed by atoms with Gasteiger partial charge in [0.05, 0.1) is 7.11 Å². The summed E-state index contributed by atoms with van der Waals surface area (Å²) in [4.78, 5) is 14.1. The topological polar surface area (TPSA) is 38.8 Å². The minimum atomic E-state index is -0.0233. The quantitative estimate of drug-likeness (QED) is 0.786. The molecular weight excluding hydrogens is 290 g/mol. The van der Waals surface area contributed by atoms with E-state index in [1.807, 2.05) is 62.4 Å². The number of hydrogen-bond donors (Lipinski definition) is 0. The number of methoxy groups -OCH3 is 1. The van der Waals surface area contributed by atoms with Crippen molar-refractivity contribution >= 4 is 5.91 Å². The number of ether oxygens (including phenoxy) is 2. The van der Waals surface area contributed by atoms with Crippen molar-refractivity contribution in [1.29, 1.82) is 0 Å². The van der Waals surface area contributed by atoms with E-state index in [1.165, 1.54) is 0 Å². The lowest BCUT2D eigenvalue weighted by Crippen LogP contribution is -2.34. The van der Waals surface area contributed by atoms with E-state index in [0.29, 0.717) is 13.1 Å². The number of carbonyl (C=O) groups excluding carboxylic acids is 1. The van der Waals surface area contributed by atoms with Crippen molar-refractivity contribution in [1.82, 2.24) is 4.90 Å². The van der Waals surface area contributed by atoms with Gasteiger partial charge in [-0.15, -0.1) is 0 Å². The third kappa shape index (κ3) is 5.02. The fourth-order valence-electron chi connectivity index (χ4n) is 2.27. The zero-order valence-electron chi connectivity index (χ0n) is 13.9. The molecule has 0 radical (unpaired) electrons. The first-order valence-corrected chi connectivity index (χ1v) is 7.72. The molecule has 0 atom stereocenters. The number of amides is 1. The second kappa shape index (κ2) is 8.22. The highest BCUT2D eigenvalue weighted by atomic mass is 16.5. The smallest absolute Gasteiger partial charge is 0.260 e. The molecule has 122 valence electrons. The predicted octanol–water partition coefficient (Wildman–Crippen LogP) is 3.43. The van der Waals surface area contributed by atoms with E-state index in [4.69, 9.17) is 9.47 Å². The van der Waals surface area contributed by atoms with Crippen molar-refractivity contribution in [3.8, 4) is 11.5 Å². The molecule has 0 N–H and O–H groups in total. The monoisotopic (exact) mass is 313 g/mol. The van der Waals surface area contributed by atoms with Crippen LogP contribution in [-0.2, 0) is 11.3 Å². The molecule has 0 aliphatic rings. The second-order valence-electron chi connectivity index (χ2n) is 5.36. The van der Waals surface area contributed by atoms with Crippen LogP contribution >= 0.6 is 0 Å². The van der Waals surface area contributed by atoms with E-state index >= 15 is 0 Å². The van der Waals surface area contributed by atoms with Crippen LogP contribution < -0.4 is 9.47 Å². The summed E-state index contributed by atoms with van der Waals surface area (Å²) in [6.07, 6.45) is 0. The van der Waals surface area contributed by atoms with E-state index in [1.54, 1.807) is 12.0 Å². The van der Waals surface area contributed by atoms with Crippen LogP contribution in [0.1, 0.15) is 18.1 Å². The second-order valence-corrected chi connectivity index (χ2v) is 5.36. The Kier molecular flexibility index (Phi) is 6.03. The molecule has 0 aliphatic heterocycles. The van der Waals surface area contributed by atoms with Gasteiger partial charge in [0.2, 0.25) is 0 Å². The van der Waals surface area contributed by atoms with Crippen molar-refractivity contribution in [3.63, 3.8) is 0 Å². The van der Waals surface area contributed by atoms with Gasteiger partial charge in [-0.25, -0.2) is 0 Å². The van der Waals surface area contributed by atoms with Crippen molar-refractivity contribution in [2.24, 2.45) is 0 Å². The average molecular weight is 313 g/mol. The summed E-state index contributed by atoms with van der Waals surface area (Å²) in [5, 5.41) is 0. The molecule has 0 aromatic heterocycles. The molecule has 23 heavy (non-hydrogen) atoms. The number of nitrogens with zero attached hydrogens (tertiary/aromatic N) is 1. The van der Waals surface area contributed by atoms with Crippen molar-refractivity contribution in [2.45, 2.75) is 20.4 Å². The Morgan fingerprint density at radius 2 is 1.83 bits per heavy atom. The minimum Gasteiger partial charge on any atom is -0.497 e. The highest BCUT2D eigenvalue weighted by molar-refractivity contribution is 5.77. The van der Waals surface area contributed by atoms with Gasteiger partial charge in [0.15, 0.2) is 6.61 Å². The Bertz CT molecular complexity index is 637. The number of aryl methyl sites for hydroxylation is 1. The minimum absolute atomic E-state index is 0.0233.